The van der Waals surface area contributed by atoms with Crippen LogP contribution in [0.5, 0.6) is 0 Å². The van der Waals surface area contributed by atoms with Crippen molar-refractivity contribution < 1.29 is 9.90 Å². The van der Waals surface area contributed by atoms with Gasteiger partial charge in [-0.3, -0.25) is 4.79 Å². The lowest BCUT2D eigenvalue weighted by Crippen LogP contribution is -2.53. The van der Waals surface area contributed by atoms with Crippen molar-refractivity contribution in [3.05, 3.63) is 12.7 Å². The SMILES string of the molecule is C=CCNC(=O)C(C)NC(C)(CC)CCO. The van der Waals surface area contributed by atoms with Crippen LogP contribution in [0.3, 0.4) is 0 Å². The number of amides is 1. The fourth-order valence-corrected chi connectivity index (χ4v) is 1.51. The molecular formula is C12H24N2O2. The lowest BCUT2D eigenvalue weighted by molar-refractivity contribution is -0.123. The minimum absolute atomic E-state index is 0.0440. The molecule has 0 aromatic rings. The van der Waals surface area contributed by atoms with Crippen molar-refractivity contribution in [1.29, 1.82) is 0 Å². The van der Waals surface area contributed by atoms with Crippen LogP contribution in [0.25, 0.3) is 0 Å². The molecule has 2 atom stereocenters. The molecule has 0 spiro atoms. The van der Waals surface area contributed by atoms with Crippen molar-refractivity contribution in [3.63, 3.8) is 0 Å². The zero-order chi connectivity index (χ0) is 12.6. The van der Waals surface area contributed by atoms with E-state index in [4.69, 9.17) is 5.11 Å². The second-order valence-corrected chi connectivity index (χ2v) is 4.29. The van der Waals surface area contributed by atoms with Gasteiger partial charge in [-0.15, -0.1) is 6.58 Å². The highest BCUT2D eigenvalue weighted by atomic mass is 16.3. The Balaban J connectivity index is 4.22. The third-order valence-corrected chi connectivity index (χ3v) is 2.82. The highest BCUT2D eigenvalue weighted by Crippen LogP contribution is 2.14. The fourth-order valence-electron chi connectivity index (χ4n) is 1.51. The van der Waals surface area contributed by atoms with Gasteiger partial charge in [-0.25, -0.2) is 0 Å². The predicted octanol–water partition coefficient (Wildman–Crippen LogP) is 0.818. The average molecular weight is 228 g/mol. The van der Waals surface area contributed by atoms with E-state index < -0.39 is 0 Å². The van der Waals surface area contributed by atoms with Crippen LogP contribution in [0.4, 0.5) is 0 Å². The minimum Gasteiger partial charge on any atom is -0.396 e. The first kappa shape index (κ1) is 15.1. The van der Waals surface area contributed by atoms with Gasteiger partial charge in [0.25, 0.3) is 0 Å². The van der Waals surface area contributed by atoms with Crippen molar-refractivity contribution in [3.8, 4) is 0 Å². The van der Waals surface area contributed by atoms with Crippen LogP contribution in [0.15, 0.2) is 12.7 Å². The molecule has 0 aliphatic rings. The molecule has 0 radical (unpaired) electrons. The summed E-state index contributed by atoms with van der Waals surface area (Å²) in [6.45, 7) is 10.0. The fraction of sp³-hybridized carbons (Fsp3) is 0.750. The Hall–Kier alpha value is -0.870. The Labute approximate surface area is 98.1 Å². The van der Waals surface area contributed by atoms with Crippen LogP contribution in [-0.2, 0) is 4.79 Å². The van der Waals surface area contributed by atoms with Gasteiger partial charge in [0.2, 0.25) is 5.91 Å². The van der Waals surface area contributed by atoms with E-state index >= 15 is 0 Å². The zero-order valence-corrected chi connectivity index (χ0v) is 10.5. The van der Waals surface area contributed by atoms with Crippen LogP contribution in [0.1, 0.15) is 33.6 Å². The van der Waals surface area contributed by atoms with E-state index in [-0.39, 0.29) is 24.1 Å². The molecule has 4 heteroatoms. The van der Waals surface area contributed by atoms with Gasteiger partial charge in [0.05, 0.1) is 6.04 Å². The number of hydrogen-bond donors (Lipinski definition) is 3. The summed E-state index contributed by atoms with van der Waals surface area (Å²) in [5.41, 5.74) is -0.195. The van der Waals surface area contributed by atoms with Gasteiger partial charge in [0, 0.05) is 18.7 Å². The second-order valence-electron chi connectivity index (χ2n) is 4.29. The largest absolute Gasteiger partial charge is 0.396 e. The number of aliphatic hydroxyl groups excluding tert-OH is 1. The average Bonchev–Trinajstić information content (AvgIpc) is 2.26. The molecule has 0 aromatic heterocycles. The van der Waals surface area contributed by atoms with E-state index in [0.29, 0.717) is 13.0 Å². The van der Waals surface area contributed by atoms with Gasteiger partial charge in [-0.2, -0.15) is 0 Å². The van der Waals surface area contributed by atoms with E-state index in [1.807, 2.05) is 20.8 Å². The molecule has 4 nitrogen and oxygen atoms in total. The summed E-state index contributed by atoms with van der Waals surface area (Å²) < 4.78 is 0. The monoisotopic (exact) mass is 228 g/mol. The number of rotatable bonds is 8. The summed E-state index contributed by atoms with van der Waals surface area (Å²) in [6, 6.07) is -0.267. The van der Waals surface area contributed by atoms with E-state index in [2.05, 4.69) is 17.2 Å². The van der Waals surface area contributed by atoms with Crippen molar-refractivity contribution in [1.82, 2.24) is 10.6 Å². The summed E-state index contributed by atoms with van der Waals surface area (Å²) in [4.78, 5) is 11.6. The summed E-state index contributed by atoms with van der Waals surface area (Å²) >= 11 is 0. The number of nitrogens with one attached hydrogen (secondary N) is 2. The maximum atomic E-state index is 11.6. The smallest absolute Gasteiger partial charge is 0.237 e. The van der Waals surface area contributed by atoms with E-state index in [0.717, 1.165) is 6.42 Å². The molecule has 0 aliphatic heterocycles. The molecule has 0 heterocycles. The van der Waals surface area contributed by atoms with Gasteiger partial charge < -0.3 is 15.7 Å². The number of hydrogen-bond acceptors (Lipinski definition) is 3. The Morgan fingerprint density at radius 1 is 1.62 bits per heavy atom. The van der Waals surface area contributed by atoms with Crippen molar-refractivity contribution in [2.75, 3.05) is 13.2 Å². The molecule has 3 N–H and O–H groups in total. The Morgan fingerprint density at radius 2 is 2.25 bits per heavy atom. The Kier molecular flexibility index (Phi) is 7.01. The topological polar surface area (TPSA) is 61.4 Å². The third kappa shape index (κ3) is 5.28. The summed E-state index contributed by atoms with van der Waals surface area (Å²) in [7, 11) is 0. The minimum atomic E-state index is -0.267. The van der Waals surface area contributed by atoms with Crippen molar-refractivity contribution in [2.45, 2.75) is 45.2 Å². The normalized spacial score (nSPS) is 16.2. The predicted molar refractivity (Wildman–Crippen MR) is 66.2 cm³/mol. The van der Waals surface area contributed by atoms with E-state index in [1.165, 1.54) is 0 Å². The quantitative estimate of drug-likeness (QED) is 0.539. The first-order valence-electron chi connectivity index (χ1n) is 5.76. The summed E-state index contributed by atoms with van der Waals surface area (Å²) in [6.07, 6.45) is 3.16. The molecule has 0 saturated carbocycles. The van der Waals surface area contributed by atoms with Crippen LogP contribution < -0.4 is 10.6 Å². The van der Waals surface area contributed by atoms with Gasteiger partial charge in [-0.1, -0.05) is 13.0 Å². The Bertz CT molecular complexity index is 231. The van der Waals surface area contributed by atoms with Crippen LogP contribution in [0, 0.1) is 0 Å². The maximum absolute atomic E-state index is 11.6. The molecule has 0 aliphatic carbocycles. The van der Waals surface area contributed by atoms with Crippen molar-refractivity contribution in [2.24, 2.45) is 0 Å². The second kappa shape index (κ2) is 7.41. The lowest BCUT2D eigenvalue weighted by Gasteiger charge is -2.32. The van der Waals surface area contributed by atoms with Gasteiger partial charge >= 0.3 is 0 Å². The summed E-state index contributed by atoms with van der Waals surface area (Å²) in [5, 5.41) is 15.0. The number of carbonyl (C=O) groups excluding carboxylic acids is 1. The molecule has 0 rings (SSSR count). The molecule has 16 heavy (non-hydrogen) atoms. The lowest BCUT2D eigenvalue weighted by atomic mass is 9.94. The highest BCUT2D eigenvalue weighted by Gasteiger charge is 2.25. The molecule has 94 valence electrons. The Morgan fingerprint density at radius 3 is 2.69 bits per heavy atom. The molecule has 1 amide bonds. The van der Waals surface area contributed by atoms with Crippen LogP contribution in [0.2, 0.25) is 0 Å². The van der Waals surface area contributed by atoms with Crippen LogP contribution >= 0.6 is 0 Å². The van der Waals surface area contributed by atoms with Gasteiger partial charge in [0.1, 0.15) is 0 Å². The van der Waals surface area contributed by atoms with Crippen molar-refractivity contribution >= 4 is 5.91 Å². The standard InChI is InChI=1S/C12H24N2O2/c1-5-8-13-11(16)10(3)14-12(4,6-2)7-9-15/h5,10,14-15H,1,6-9H2,2-4H3,(H,13,16). The van der Waals surface area contributed by atoms with E-state index in [1.54, 1.807) is 6.08 Å². The third-order valence-electron chi connectivity index (χ3n) is 2.82. The van der Waals surface area contributed by atoms with Crippen LogP contribution in [-0.4, -0.2) is 35.7 Å². The van der Waals surface area contributed by atoms with Gasteiger partial charge in [0.15, 0.2) is 0 Å². The highest BCUT2D eigenvalue weighted by molar-refractivity contribution is 5.81. The van der Waals surface area contributed by atoms with E-state index in [9.17, 15) is 4.79 Å². The molecule has 0 bridgehead atoms. The molecule has 0 aromatic carbocycles. The van der Waals surface area contributed by atoms with Gasteiger partial charge in [-0.05, 0) is 26.7 Å². The maximum Gasteiger partial charge on any atom is 0.237 e. The molecule has 0 fully saturated rings. The molecule has 2 unspecified atom stereocenters. The molecular weight excluding hydrogens is 204 g/mol. The molecule has 0 saturated heterocycles. The zero-order valence-electron chi connectivity index (χ0n) is 10.5. The first-order chi connectivity index (χ1) is 7.49. The number of aliphatic hydroxyl groups is 1. The number of carbonyl (C=O) groups is 1. The first-order valence-corrected chi connectivity index (χ1v) is 5.76. The summed E-state index contributed by atoms with van der Waals surface area (Å²) in [5.74, 6) is -0.0440.